The average Bonchev–Trinajstić information content (AvgIpc) is 2.45. The zero-order valence-corrected chi connectivity index (χ0v) is 10.8. The first-order valence-electron chi connectivity index (χ1n) is 4.37. The number of para-hydroxylation sites is 1. The highest BCUT2D eigenvalue weighted by molar-refractivity contribution is 5.85. The second kappa shape index (κ2) is 8.02. The van der Waals surface area contributed by atoms with Gasteiger partial charge in [-0.2, -0.15) is 0 Å². The van der Waals surface area contributed by atoms with Crippen LogP contribution >= 0.6 is 24.8 Å². The van der Waals surface area contributed by atoms with Gasteiger partial charge in [-0.3, -0.25) is 4.79 Å². The number of nitrogens with two attached hydrogens (primary N) is 1. The molecular weight excluding hydrogens is 247 g/mol. The molecule has 0 radical (unpaired) electrons. The molecule has 0 fully saturated rings. The van der Waals surface area contributed by atoms with Gasteiger partial charge in [0.2, 0.25) is 6.41 Å². The molecule has 0 saturated carbocycles. The molecule has 0 spiro atoms. The smallest absolute Gasteiger partial charge is 0.204 e. The van der Waals surface area contributed by atoms with Crippen molar-refractivity contribution in [2.45, 2.75) is 6.92 Å². The third-order valence-electron chi connectivity index (χ3n) is 2.19. The molecule has 3 nitrogen and oxygen atoms in total. The lowest BCUT2D eigenvalue weighted by atomic mass is 10.2. The Kier molecular flexibility index (Phi) is 8.63. The van der Waals surface area contributed by atoms with Crippen molar-refractivity contribution in [1.82, 2.24) is 4.57 Å². The van der Waals surface area contributed by atoms with E-state index in [4.69, 9.17) is 4.79 Å². The van der Waals surface area contributed by atoms with E-state index in [0.717, 1.165) is 0 Å². The van der Waals surface area contributed by atoms with Crippen LogP contribution in [0.1, 0.15) is 5.69 Å². The third kappa shape index (κ3) is 3.76. The Morgan fingerprint density at radius 1 is 1.25 bits per heavy atom. The van der Waals surface area contributed by atoms with Crippen LogP contribution < -0.4 is 5.73 Å². The maximum absolute atomic E-state index is 8.58. The second-order valence-electron chi connectivity index (χ2n) is 3.04. The van der Waals surface area contributed by atoms with E-state index in [-0.39, 0.29) is 31.2 Å². The van der Waals surface area contributed by atoms with Crippen molar-refractivity contribution in [3.05, 3.63) is 36.0 Å². The lowest BCUT2D eigenvalue weighted by Gasteiger charge is -1.96. The molecule has 2 aromatic rings. The molecule has 16 heavy (non-hydrogen) atoms. The van der Waals surface area contributed by atoms with Gasteiger partial charge in [0.15, 0.2) is 0 Å². The van der Waals surface area contributed by atoms with Crippen molar-refractivity contribution >= 4 is 42.1 Å². The molecule has 0 aliphatic rings. The Labute approximate surface area is 107 Å². The van der Waals surface area contributed by atoms with E-state index < -0.39 is 0 Å². The Hall–Kier alpha value is -1.19. The normalized spacial score (nSPS) is 8.12. The number of hydrogen-bond donors (Lipinski definition) is 1. The van der Waals surface area contributed by atoms with Gasteiger partial charge >= 0.3 is 0 Å². The van der Waals surface area contributed by atoms with Gasteiger partial charge in [0.1, 0.15) is 0 Å². The molecule has 0 saturated heterocycles. The topological polar surface area (TPSA) is 48.0 Å². The predicted molar refractivity (Wildman–Crippen MR) is 72.4 cm³/mol. The summed E-state index contributed by atoms with van der Waals surface area (Å²) in [5.41, 5.74) is 6.79. The van der Waals surface area contributed by atoms with Crippen LogP contribution in [0.25, 0.3) is 10.9 Å². The first-order valence-corrected chi connectivity index (χ1v) is 4.37. The molecule has 1 aromatic carbocycles. The van der Waals surface area contributed by atoms with E-state index in [2.05, 4.69) is 54.6 Å². The minimum Gasteiger partial charge on any atom is -0.372 e. The van der Waals surface area contributed by atoms with Gasteiger partial charge in [-0.25, -0.2) is 0 Å². The highest BCUT2D eigenvalue weighted by Gasteiger charge is 1.98. The molecule has 0 aliphatic carbocycles. The van der Waals surface area contributed by atoms with Crippen molar-refractivity contribution in [2.75, 3.05) is 0 Å². The molecule has 0 unspecified atom stereocenters. The summed E-state index contributed by atoms with van der Waals surface area (Å²) in [6, 6.07) is 10.6. The van der Waals surface area contributed by atoms with Gasteiger partial charge < -0.3 is 10.3 Å². The van der Waals surface area contributed by atoms with Gasteiger partial charge in [-0.1, -0.05) is 18.2 Å². The van der Waals surface area contributed by atoms with Crippen molar-refractivity contribution in [3.63, 3.8) is 0 Å². The van der Waals surface area contributed by atoms with Crippen LogP contribution in [0.15, 0.2) is 30.3 Å². The number of aromatic nitrogens is 1. The Morgan fingerprint density at radius 2 is 1.75 bits per heavy atom. The minimum atomic E-state index is 0. The second-order valence-corrected chi connectivity index (χ2v) is 3.04. The Morgan fingerprint density at radius 3 is 2.25 bits per heavy atom. The number of aryl methyl sites for hydroxylation is 2. The fourth-order valence-electron chi connectivity index (χ4n) is 1.43. The highest BCUT2D eigenvalue weighted by Crippen LogP contribution is 2.16. The van der Waals surface area contributed by atoms with Gasteiger partial charge in [-0.15, -0.1) is 24.8 Å². The van der Waals surface area contributed by atoms with Crippen molar-refractivity contribution in [1.29, 1.82) is 0 Å². The number of carbonyl (C=O) groups excluding carboxylic acids is 1. The van der Waals surface area contributed by atoms with Gasteiger partial charge in [0.05, 0.1) is 0 Å². The fraction of sp³-hybridized carbons (Fsp3) is 0.182. The van der Waals surface area contributed by atoms with Crippen molar-refractivity contribution in [3.8, 4) is 0 Å². The molecule has 2 N–H and O–H groups in total. The van der Waals surface area contributed by atoms with E-state index in [9.17, 15) is 0 Å². The summed E-state index contributed by atoms with van der Waals surface area (Å²) in [5.74, 6) is 0. The summed E-state index contributed by atoms with van der Waals surface area (Å²) >= 11 is 0. The SMILES string of the molecule is Cc1cc2ccccc2n1C.Cl.Cl.NC=O. The number of amides is 1. The van der Waals surface area contributed by atoms with E-state index in [0.29, 0.717) is 0 Å². The summed E-state index contributed by atoms with van der Waals surface area (Å²) in [6.07, 6.45) is 0.250. The predicted octanol–water partition coefficient (Wildman–Crippen LogP) is 2.43. The number of halogens is 2. The van der Waals surface area contributed by atoms with Crippen LogP contribution in [0.5, 0.6) is 0 Å². The molecule has 1 amide bonds. The molecule has 90 valence electrons. The van der Waals surface area contributed by atoms with Crippen LogP contribution in [0.4, 0.5) is 0 Å². The monoisotopic (exact) mass is 262 g/mol. The maximum atomic E-state index is 8.58. The molecule has 5 heteroatoms. The standard InChI is InChI=1S/C10H11N.CH3NO.2ClH/c1-8-7-9-5-3-4-6-10(9)11(8)2;2-1-3;;/h3-7H,1-2H3;1H,(H2,2,3);2*1H. The number of primary amides is 1. The Balaban J connectivity index is 0. The van der Waals surface area contributed by atoms with Crippen LogP contribution in [-0.4, -0.2) is 11.0 Å². The number of carbonyl (C=O) groups is 1. The zero-order valence-electron chi connectivity index (χ0n) is 9.21. The molecule has 1 heterocycles. The van der Waals surface area contributed by atoms with Crippen LogP contribution in [0.3, 0.4) is 0 Å². The molecule has 2 rings (SSSR count). The number of nitrogens with zero attached hydrogens (tertiary/aromatic N) is 1. The van der Waals surface area contributed by atoms with Crippen LogP contribution in [-0.2, 0) is 11.8 Å². The number of fused-ring (bicyclic) bond motifs is 1. The third-order valence-corrected chi connectivity index (χ3v) is 2.19. The van der Waals surface area contributed by atoms with E-state index in [1.165, 1.54) is 16.6 Å². The lowest BCUT2D eigenvalue weighted by molar-refractivity contribution is -0.106. The molecular formula is C11H16Cl2N2O. The van der Waals surface area contributed by atoms with E-state index >= 15 is 0 Å². The number of benzene rings is 1. The number of hydrogen-bond acceptors (Lipinski definition) is 1. The van der Waals surface area contributed by atoms with Gasteiger partial charge in [-0.05, 0) is 24.4 Å². The first-order chi connectivity index (χ1) is 6.70. The average molecular weight is 263 g/mol. The summed E-state index contributed by atoms with van der Waals surface area (Å²) in [4.78, 5) is 8.58. The quantitative estimate of drug-likeness (QED) is 0.729. The summed E-state index contributed by atoms with van der Waals surface area (Å²) in [6.45, 7) is 2.12. The van der Waals surface area contributed by atoms with Crippen LogP contribution in [0, 0.1) is 6.92 Å². The zero-order chi connectivity index (χ0) is 10.6. The van der Waals surface area contributed by atoms with Gasteiger partial charge in [0, 0.05) is 18.3 Å². The summed E-state index contributed by atoms with van der Waals surface area (Å²) in [5, 5.41) is 1.33. The Bertz CT molecular complexity index is 440. The maximum Gasteiger partial charge on any atom is 0.204 e. The fourth-order valence-corrected chi connectivity index (χ4v) is 1.43. The summed E-state index contributed by atoms with van der Waals surface area (Å²) < 4.78 is 2.20. The summed E-state index contributed by atoms with van der Waals surface area (Å²) in [7, 11) is 2.09. The number of rotatable bonds is 0. The highest BCUT2D eigenvalue weighted by atomic mass is 35.5. The lowest BCUT2D eigenvalue weighted by Crippen LogP contribution is -1.88. The largest absolute Gasteiger partial charge is 0.372 e. The van der Waals surface area contributed by atoms with Gasteiger partial charge in [0.25, 0.3) is 0 Å². The molecule has 0 atom stereocenters. The van der Waals surface area contributed by atoms with Crippen LogP contribution in [0.2, 0.25) is 0 Å². The molecule has 0 aliphatic heterocycles. The van der Waals surface area contributed by atoms with E-state index in [1.807, 2.05) is 0 Å². The van der Waals surface area contributed by atoms with Crippen molar-refractivity contribution < 1.29 is 4.79 Å². The van der Waals surface area contributed by atoms with E-state index in [1.54, 1.807) is 0 Å². The molecule has 1 aromatic heterocycles. The molecule has 0 bridgehead atoms. The first kappa shape index (κ1) is 17.2. The minimum absolute atomic E-state index is 0. The van der Waals surface area contributed by atoms with Crippen molar-refractivity contribution in [2.24, 2.45) is 12.8 Å².